The van der Waals surface area contributed by atoms with Crippen molar-refractivity contribution in [2.45, 2.75) is 51.6 Å². The zero-order chi connectivity index (χ0) is 20.8. The Labute approximate surface area is 204 Å². The molecule has 2 fully saturated rings. The van der Waals surface area contributed by atoms with Crippen molar-refractivity contribution in [1.29, 1.82) is 0 Å². The lowest BCUT2D eigenvalue weighted by atomic mass is 10.0. The average molecular weight is 479 g/mol. The van der Waals surface area contributed by atoms with Crippen molar-refractivity contribution in [3.63, 3.8) is 0 Å². The summed E-state index contributed by atoms with van der Waals surface area (Å²) in [5.41, 5.74) is 3.92. The molecule has 0 amide bonds. The largest absolute Gasteiger partial charge is 0.508 e. The second kappa shape index (κ2) is 13.1. The summed E-state index contributed by atoms with van der Waals surface area (Å²) >= 11 is 0. The van der Waals surface area contributed by atoms with Crippen LogP contribution >= 0.6 is 24.8 Å². The molecule has 4 nitrogen and oxygen atoms in total. The molecule has 0 saturated carbocycles. The van der Waals surface area contributed by atoms with Gasteiger partial charge in [0, 0.05) is 24.2 Å². The Balaban J connectivity index is 0.00000181. The Hall–Kier alpha value is -1.72. The van der Waals surface area contributed by atoms with Crippen molar-refractivity contribution in [2.24, 2.45) is 0 Å². The molecule has 2 aliphatic heterocycles. The van der Waals surface area contributed by atoms with Gasteiger partial charge in [0.05, 0.1) is 0 Å². The molecule has 0 radical (unpaired) electrons. The van der Waals surface area contributed by atoms with Crippen molar-refractivity contribution >= 4 is 37.0 Å². The van der Waals surface area contributed by atoms with Gasteiger partial charge in [-0.1, -0.05) is 49.3 Å². The first-order valence-corrected chi connectivity index (χ1v) is 11.4. The van der Waals surface area contributed by atoms with E-state index in [1.807, 2.05) is 36.4 Å². The van der Waals surface area contributed by atoms with E-state index in [0.717, 1.165) is 61.5 Å². The van der Waals surface area contributed by atoms with Gasteiger partial charge in [0.2, 0.25) is 0 Å². The molecule has 2 aromatic rings. The van der Waals surface area contributed by atoms with E-state index in [1.54, 1.807) is 0 Å². The van der Waals surface area contributed by atoms with E-state index >= 15 is 0 Å². The van der Waals surface area contributed by atoms with Gasteiger partial charge in [-0.05, 0) is 75.1 Å². The third-order valence-corrected chi connectivity index (χ3v) is 6.37. The monoisotopic (exact) mass is 478 g/mol. The molecule has 2 aromatic carbocycles. The van der Waals surface area contributed by atoms with Crippen LogP contribution in [0.2, 0.25) is 0 Å². The predicted octanol–water partition coefficient (Wildman–Crippen LogP) is 6.08. The van der Waals surface area contributed by atoms with Crippen LogP contribution in [0.3, 0.4) is 0 Å². The summed E-state index contributed by atoms with van der Waals surface area (Å²) in [7, 11) is 0. The minimum atomic E-state index is 0. The molecule has 2 aliphatic rings. The molecule has 0 unspecified atom stereocenters. The van der Waals surface area contributed by atoms with E-state index in [0.29, 0.717) is 11.5 Å². The van der Waals surface area contributed by atoms with E-state index in [9.17, 15) is 10.2 Å². The van der Waals surface area contributed by atoms with Crippen LogP contribution in [-0.2, 0) is 13.1 Å². The highest BCUT2D eigenvalue weighted by Crippen LogP contribution is 2.25. The van der Waals surface area contributed by atoms with Crippen LogP contribution in [0.25, 0.3) is 12.2 Å². The molecule has 0 aromatic heterocycles. The summed E-state index contributed by atoms with van der Waals surface area (Å²) in [5, 5.41) is 20.9. The van der Waals surface area contributed by atoms with Crippen molar-refractivity contribution in [1.82, 2.24) is 9.80 Å². The highest BCUT2D eigenvalue weighted by atomic mass is 35.5. The fraction of sp³-hybridized carbons (Fsp3) is 0.462. The lowest BCUT2D eigenvalue weighted by molar-refractivity contribution is 0.218. The molecule has 0 spiro atoms. The maximum absolute atomic E-state index is 10.5. The molecule has 2 N–H and O–H groups in total. The van der Waals surface area contributed by atoms with Gasteiger partial charge in [0.1, 0.15) is 11.5 Å². The van der Waals surface area contributed by atoms with Gasteiger partial charge in [-0.15, -0.1) is 24.8 Å². The minimum absolute atomic E-state index is 0. The number of hydrogen-bond donors (Lipinski definition) is 2. The van der Waals surface area contributed by atoms with Crippen molar-refractivity contribution < 1.29 is 10.2 Å². The van der Waals surface area contributed by atoms with Gasteiger partial charge in [-0.2, -0.15) is 0 Å². The summed E-state index contributed by atoms with van der Waals surface area (Å²) in [4.78, 5) is 4.84. The van der Waals surface area contributed by atoms with Gasteiger partial charge >= 0.3 is 0 Å². The second-order valence-corrected chi connectivity index (χ2v) is 8.78. The summed E-state index contributed by atoms with van der Waals surface area (Å²) < 4.78 is 0. The number of rotatable bonds is 6. The smallest absolute Gasteiger partial charge is 0.120 e. The van der Waals surface area contributed by atoms with E-state index in [4.69, 9.17) is 0 Å². The molecule has 2 saturated heterocycles. The Bertz CT molecular complexity index is 805. The average Bonchev–Trinajstić information content (AvgIpc) is 2.77. The third kappa shape index (κ3) is 7.41. The molecule has 4 rings (SSSR count). The number of phenolic OH excluding ortho intramolecular Hbond substituents is 2. The van der Waals surface area contributed by atoms with E-state index in [-0.39, 0.29) is 24.8 Å². The molecule has 0 atom stereocenters. The zero-order valence-corrected chi connectivity index (χ0v) is 20.3. The molecule has 2 heterocycles. The molecule has 32 heavy (non-hydrogen) atoms. The molecule has 176 valence electrons. The van der Waals surface area contributed by atoms with Crippen molar-refractivity contribution in [3.8, 4) is 11.5 Å². The Morgan fingerprint density at radius 3 is 1.31 bits per heavy atom. The Morgan fingerprint density at radius 2 is 0.969 bits per heavy atom. The highest BCUT2D eigenvalue weighted by Gasteiger charge is 2.13. The number of hydrogen-bond acceptors (Lipinski definition) is 4. The number of halogens is 2. The number of benzene rings is 2. The summed E-state index contributed by atoms with van der Waals surface area (Å²) in [6.45, 7) is 6.14. The van der Waals surface area contributed by atoms with Gasteiger partial charge in [-0.3, -0.25) is 9.80 Å². The van der Waals surface area contributed by atoms with Gasteiger partial charge < -0.3 is 10.2 Å². The van der Waals surface area contributed by atoms with E-state index < -0.39 is 0 Å². The fourth-order valence-corrected chi connectivity index (χ4v) is 4.55. The first kappa shape index (κ1) is 26.5. The van der Waals surface area contributed by atoms with Crippen LogP contribution in [0, 0.1) is 0 Å². The molecule has 6 heteroatoms. The summed E-state index contributed by atoms with van der Waals surface area (Å²) in [6, 6.07) is 11.8. The van der Waals surface area contributed by atoms with Crippen LogP contribution < -0.4 is 0 Å². The van der Waals surface area contributed by atoms with Crippen LogP contribution in [0.1, 0.15) is 60.8 Å². The maximum atomic E-state index is 10.5. The van der Waals surface area contributed by atoms with Crippen LogP contribution in [-0.4, -0.2) is 46.2 Å². The first-order chi connectivity index (χ1) is 14.7. The highest BCUT2D eigenvalue weighted by molar-refractivity contribution is 5.85. The van der Waals surface area contributed by atoms with Crippen LogP contribution in [0.5, 0.6) is 11.5 Å². The first-order valence-electron chi connectivity index (χ1n) is 11.4. The van der Waals surface area contributed by atoms with Crippen molar-refractivity contribution in [2.75, 3.05) is 26.2 Å². The number of piperidine rings is 2. The molecule has 0 aliphatic carbocycles. The maximum Gasteiger partial charge on any atom is 0.120 e. The quantitative estimate of drug-likeness (QED) is 0.493. The number of nitrogens with zero attached hydrogens (tertiary/aromatic N) is 2. The summed E-state index contributed by atoms with van der Waals surface area (Å²) in [6.07, 6.45) is 11.6. The van der Waals surface area contributed by atoms with Gasteiger partial charge in [0.25, 0.3) is 0 Å². The lowest BCUT2D eigenvalue weighted by Gasteiger charge is -2.26. The van der Waals surface area contributed by atoms with Gasteiger partial charge in [0.15, 0.2) is 0 Å². The number of likely N-dealkylation sites (tertiary alicyclic amines) is 2. The van der Waals surface area contributed by atoms with E-state index in [2.05, 4.69) is 21.9 Å². The van der Waals surface area contributed by atoms with Crippen molar-refractivity contribution in [3.05, 3.63) is 58.7 Å². The topological polar surface area (TPSA) is 46.9 Å². The van der Waals surface area contributed by atoms with Crippen LogP contribution in [0.15, 0.2) is 36.4 Å². The number of phenols is 2. The lowest BCUT2D eigenvalue weighted by Crippen LogP contribution is -2.29. The third-order valence-electron chi connectivity index (χ3n) is 6.37. The van der Waals surface area contributed by atoms with Crippen LogP contribution in [0.4, 0.5) is 0 Å². The predicted molar refractivity (Wildman–Crippen MR) is 138 cm³/mol. The number of aromatic hydroxyl groups is 2. The molecule has 0 bridgehead atoms. The SMILES string of the molecule is Cl.Cl.Oc1cc(/C=C\c2ccc(CN3CCCCC3)c(O)c2)ccc1CN1CCCCC1. The summed E-state index contributed by atoms with van der Waals surface area (Å²) in [5.74, 6) is 0.727. The molecular formula is C26H36Cl2N2O2. The second-order valence-electron chi connectivity index (χ2n) is 8.78. The van der Waals surface area contributed by atoms with E-state index in [1.165, 1.54) is 38.5 Å². The molecular weight excluding hydrogens is 443 g/mol. The van der Waals surface area contributed by atoms with Gasteiger partial charge in [-0.25, -0.2) is 0 Å². The minimum Gasteiger partial charge on any atom is -0.508 e. The fourth-order valence-electron chi connectivity index (χ4n) is 4.55. The zero-order valence-electron chi connectivity index (χ0n) is 18.7. The Morgan fingerprint density at radius 1 is 0.594 bits per heavy atom. The Kier molecular flexibility index (Phi) is 10.9. The normalized spacial score (nSPS) is 17.6. The standard InChI is InChI=1S/C26H34N2O2.2ClH/c29-25-17-21(9-11-23(25)19-27-13-3-1-4-14-27)7-8-22-10-12-24(26(30)18-22)20-28-15-5-2-6-16-28;;/h7-12,17-18,29-30H,1-6,13-16,19-20H2;2*1H/b8-7-;;.